The summed E-state index contributed by atoms with van der Waals surface area (Å²) < 4.78 is 10.2. The van der Waals surface area contributed by atoms with E-state index in [9.17, 15) is 0 Å². The Kier molecular flexibility index (Phi) is 14.9. The summed E-state index contributed by atoms with van der Waals surface area (Å²) in [6.45, 7) is 0. The molecule has 24 aromatic rings. The number of benzene rings is 20. The van der Waals surface area contributed by atoms with Crippen LogP contribution in [0.25, 0.3) is 201 Å². The summed E-state index contributed by atoms with van der Waals surface area (Å²) >= 11 is 7.53. The number of rotatable bonds is 11. The molecular formula is C108H64N2S4. The molecule has 0 aliphatic rings. The fourth-order valence-electron chi connectivity index (χ4n) is 18.8. The molecule has 20 aromatic carbocycles. The fourth-order valence-corrected chi connectivity index (χ4v) is 23.6. The van der Waals surface area contributed by atoms with Crippen molar-refractivity contribution in [1.82, 2.24) is 0 Å². The van der Waals surface area contributed by atoms with E-state index < -0.39 is 0 Å². The van der Waals surface area contributed by atoms with Gasteiger partial charge in [-0.3, -0.25) is 0 Å². The lowest BCUT2D eigenvalue weighted by atomic mass is 9.88. The molecule has 0 bridgehead atoms. The van der Waals surface area contributed by atoms with Crippen LogP contribution in [0.3, 0.4) is 0 Å². The first-order valence-corrected chi connectivity index (χ1v) is 42.2. The average molecular weight is 1520 g/mol. The van der Waals surface area contributed by atoms with Crippen LogP contribution in [0.2, 0.25) is 0 Å². The lowest BCUT2D eigenvalue weighted by Gasteiger charge is -2.31. The van der Waals surface area contributed by atoms with E-state index in [1.807, 2.05) is 45.3 Å². The molecule has 0 atom stereocenters. The van der Waals surface area contributed by atoms with Crippen LogP contribution in [0.15, 0.2) is 388 Å². The van der Waals surface area contributed by atoms with E-state index in [-0.39, 0.29) is 0 Å². The van der Waals surface area contributed by atoms with Crippen molar-refractivity contribution in [3.05, 3.63) is 388 Å². The van der Waals surface area contributed by atoms with Crippen molar-refractivity contribution in [3.8, 4) is 55.6 Å². The Morgan fingerprint density at radius 2 is 0.561 bits per heavy atom. The van der Waals surface area contributed by atoms with Crippen LogP contribution in [-0.2, 0) is 0 Å². The molecule has 0 saturated heterocycles. The van der Waals surface area contributed by atoms with Gasteiger partial charge in [0.1, 0.15) is 0 Å². The van der Waals surface area contributed by atoms with Crippen molar-refractivity contribution in [2.24, 2.45) is 0 Å². The summed E-state index contributed by atoms with van der Waals surface area (Å²) in [6.07, 6.45) is 0. The Labute approximate surface area is 673 Å². The largest absolute Gasteiger partial charge is 0.308 e. The second-order valence-corrected chi connectivity index (χ2v) is 34.2. The van der Waals surface area contributed by atoms with E-state index in [0.717, 1.165) is 39.7 Å². The molecule has 24 rings (SSSR count). The molecule has 2 nitrogen and oxygen atoms in total. The summed E-state index contributed by atoms with van der Waals surface area (Å²) in [5.74, 6) is 0. The van der Waals surface area contributed by atoms with Crippen LogP contribution < -0.4 is 9.80 Å². The number of anilines is 6. The van der Waals surface area contributed by atoms with Gasteiger partial charge < -0.3 is 9.80 Å². The quantitative estimate of drug-likeness (QED) is 0.119. The lowest BCUT2D eigenvalue weighted by molar-refractivity contribution is 1.32. The average Bonchev–Trinajstić information content (AvgIpc) is 1.64. The highest BCUT2D eigenvalue weighted by atomic mass is 32.1. The Morgan fingerprint density at radius 3 is 1.24 bits per heavy atom. The van der Waals surface area contributed by atoms with Gasteiger partial charge >= 0.3 is 0 Å². The van der Waals surface area contributed by atoms with Crippen LogP contribution in [0.4, 0.5) is 34.1 Å². The van der Waals surface area contributed by atoms with E-state index in [1.54, 1.807) is 0 Å². The molecule has 0 spiro atoms. The minimum atomic E-state index is 1.08. The van der Waals surface area contributed by atoms with Crippen LogP contribution in [0.5, 0.6) is 0 Å². The number of thiophene rings is 4. The SMILES string of the molecule is c1cc(-c2cccc3c2sc2ccccc23)cc(N(c2c(-c3ccc4cc(-c5cccc6sc7c(N(c8ccc(-c9cccc%10sc%11ccccc%11c9%10)cc8)c8c(-c9cccc%10ccccc9%10)c9ccccc9c9ccccc89)cccc7c56)ccc4c3)c3ccccc3c3ccccc23)c2cccc3c2sc2ccccc23)c1. The van der Waals surface area contributed by atoms with Crippen molar-refractivity contribution < 1.29 is 0 Å². The minimum absolute atomic E-state index is 1.08. The molecule has 0 amide bonds. The molecule has 0 fully saturated rings. The summed E-state index contributed by atoms with van der Waals surface area (Å²) in [5.41, 5.74) is 18.7. The summed E-state index contributed by atoms with van der Waals surface area (Å²) in [7, 11) is 0. The lowest BCUT2D eigenvalue weighted by Crippen LogP contribution is -2.12. The zero-order valence-electron chi connectivity index (χ0n) is 61.5. The normalized spacial score (nSPS) is 12.0. The first kappa shape index (κ1) is 65.2. The molecule has 4 aromatic heterocycles. The summed E-state index contributed by atoms with van der Waals surface area (Å²) in [6, 6.07) is 146. The molecule has 6 heteroatoms. The van der Waals surface area contributed by atoms with E-state index in [0.29, 0.717) is 0 Å². The van der Waals surface area contributed by atoms with Gasteiger partial charge in [0.15, 0.2) is 0 Å². The molecule has 0 radical (unpaired) electrons. The molecule has 530 valence electrons. The van der Waals surface area contributed by atoms with Crippen molar-refractivity contribution in [3.63, 3.8) is 0 Å². The van der Waals surface area contributed by atoms with Crippen LogP contribution in [0.1, 0.15) is 0 Å². The number of nitrogens with zero attached hydrogens (tertiary/aromatic N) is 2. The fraction of sp³-hybridized carbons (Fsp3) is 0. The van der Waals surface area contributed by atoms with Gasteiger partial charge in [0.25, 0.3) is 0 Å². The summed E-state index contributed by atoms with van der Waals surface area (Å²) in [4.78, 5) is 5.22. The summed E-state index contributed by atoms with van der Waals surface area (Å²) in [5, 5.41) is 24.6. The molecule has 0 N–H and O–H groups in total. The second kappa shape index (κ2) is 26.0. The van der Waals surface area contributed by atoms with E-state index in [1.165, 1.54) is 195 Å². The van der Waals surface area contributed by atoms with Gasteiger partial charge in [0.05, 0.1) is 32.1 Å². The maximum atomic E-state index is 2.61. The standard InChI is InChI=1S/C108H64N2S4/c1-2-28-74-65(24-1)25-18-43-84(74)103-86-36-8-4-30-79(86)81-32-6-10-38-88(81)105(103)109(72-60-58-66(59-61-72)75-40-22-52-98-101(75)91-39-13-16-51-97(91)111-98)94-48-21-46-92-102-76(41-23-53-99(102)114-108(92)94)70-56-54-68-63-71(57-55-67(68)62-70)100-85-35-7-3-29-78(85)80-31-5-9-37-87(80)104(100)110(93-47-20-45-90-83-34-12-15-50-96(83)113-107(90)93)73-27-17-26-69(64-73)77-42-19-44-89-82-33-11-14-49-95(82)112-106(77)89/h1-64H. The Bertz CT molecular complexity index is 8150. The van der Waals surface area contributed by atoms with Crippen LogP contribution in [0, 0.1) is 0 Å². The number of fused-ring (bicyclic) bond motifs is 20. The zero-order valence-corrected chi connectivity index (χ0v) is 64.7. The molecule has 0 saturated carbocycles. The molecular weight excluding hydrogens is 1450 g/mol. The van der Waals surface area contributed by atoms with Gasteiger partial charge in [-0.15, -0.1) is 45.3 Å². The predicted molar refractivity (Wildman–Crippen MR) is 500 cm³/mol. The van der Waals surface area contributed by atoms with E-state index >= 15 is 0 Å². The Balaban J connectivity index is 0.693. The first-order valence-electron chi connectivity index (χ1n) is 38.9. The van der Waals surface area contributed by atoms with Crippen molar-refractivity contribution in [1.29, 1.82) is 0 Å². The van der Waals surface area contributed by atoms with Gasteiger partial charge in [-0.05, 0) is 177 Å². The third-order valence-electron chi connectivity index (χ3n) is 23.8. The van der Waals surface area contributed by atoms with Gasteiger partial charge in [-0.2, -0.15) is 0 Å². The predicted octanol–water partition coefficient (Wildman–Crippen LogP) is 33.4. The van der Waals surface area contributed by atoms with Crippen molar-refractivity contribution >= 4 is 225 Å². The number of hydrogen-bond donors (Lipinski definition) is 0. The van der Waals surface area contributed by atoms with E-state index in [2.05, 4.69) is 398 Å². The molecule has 0 unspecified atom stereocenters. The van der Waals surface area contributed by atoms with Crippen molar-refractivity contribution in [2.75, 3.05) is 9.80 Å². The van der Waals surface area contributed by atoms with Gasteiger partial charge in [-0.25, -0.2) is 0 Å². The zero-order chi connectivity index (χ0) is 74.6. The second-order valence-electron chi connectivity index (χ2n) is 29.9. The van der Waals surface area contributed by atoms with Gasteiger partial charge in [0.2, 0.25) is 0 Å². The molecule has 0 aliphatic carbocycles. The van der Waals surface area contributed by atoms with Crippen LogP contribution >= 0.6 is 45.3 Å². The maximum absolute atomic E-state index is 2.61. The Hall–Kier alpha value is -13.6. The maximum Gasteiger partial charge on any atom is 0.0640 e. The van der Waals surface area contributed by atoms with E-state index in [4.69, 9.17) is 0 Å². The molecule has 114 heavy (non-hydrogen) atoms. The molecule has 4 heterocycles. The van der Waals surface area contributed by atoms with Crippen molar-refractivity contribution in [2.45, 2.75) is 0 Å². The monoisotopic (exact) mass is 1520 g/mol. The highest BCUT2D eigenvalue weighted by Gasteiger charge is 2.30. The Morgan fingerprint density at radius 1 is 0.175 bits per heavy atom. The molecule has 0 aliphatic heterocycles. The highest BCUT2D eigenvalue weighted by molar-refractivity contribution is 7.27. The smallest absolute Gasteiger partial charge is 0.0640 e. The van der Waals surface area contributed by atoms with Gasteiger partial charge in [0, 0.05) is 105 Å². The highest BCUT2D eigenvalue weighted by Crippen LogP contribution is 2.57. The van der Waals surface area contributed by atoms with Gasteiger partial charge in [-0.1, -0.05) is 309 Å². The minimum Gasteiger partial charge on any atom is -0.308 e. The van der Waals surface area contributed by atoms with Crippen LogP contribution in [-0.4, -0.2) is 0 Å². The third kappa shape index (κ3) is 10.1. The topological polar surface area (TPSA) is 6.48 Å². The number of hydrogen-bond acceptors (Lipinski definition) is 6. The third-order valence-corrected chi connectivity index (χ3v) is 28.5. The first-order chi connectivity index (χ1) is 56.6.